The van der Waals surface area contributed by atoms with E-state index in [-0.39, 0.29) is 24.4 Å². The summed E-state index contributed by atoms with van der Waals surface area (Å²) in [5.74, 6) is 1.95. The number of furan rings is 2. The van der Waals surface area contributed by atoms with Gasteiger partial charge >= 0.3 is 0 Å². The van der Waals surface area contributed by atoms with Crippen molar-refractivity contribution in [2.75, 3.05) is 0 Å². The lowest BCUT2D eigenvalue weighted by atomic mass is 9.77. The Morgan fingerprint density at radius 3 is 2.58 bits per heavy atom. The number of carbonyl (C=O) groups excluding carboxylic acids is 2. The van der Waals surface area contributed by atoms with Gasteiger partial charge in [0.05, 0.1) is 31.3 Å². The maximum atomic E-state index is 13.9. The van der Waals surface area contributed by atoms with Crippen molar-refractivity contribution in [1.29, 1.82) is 0 Å². The van der Waals surface area contributed by atoms with Crippen LogP contribution in [0.15, 0.2) is 57.8 Å². The van der Waals surface area contributed by atoms with Gasteiger partial charge in [-0.25, -0.2) is 0 Å². The molecule has 4 atom stereocenters. The van der Waals surface area contributed by atoms with E-state index in [1.165, 1.54) is 6.42 Å². The third-order valence-corrected chi connectivity index (χ3v) is 7.69. The minimum absolute atomic E-state index is 0.106. The zero-order chi connectivity index (χ0) is 23.2. The highest BCUT2D eigenvalue weighted by atomic mass is 16.3. The van der Waals surface area contributed by atoms with Crippen LogP contribution in [-0.4, -0.2) is 32.9 Å². The van der Waals surface area contributed by atoms with Crippen LogP contribution in [-0.2, 0) is 17.9 Å². The Morgan fingerprint density at radius 1 is 1.09 bits per heavy atom. The van der Waals surface area contributed by atoms with E-state index >= 15 is 0 Å². The summed E-state index contributed by atoms with van der Waals surface area (Å²) in [5.41, 5.74) is 0.245. The monoisotopic (exact) mass is 449 g/mol. The number of rotatable bonds is 5. The van der Waals surface area contributed by atoms with Crippen LogP contribution in [0.5, 0.6) is 0 Å². The molecular weight excluding hydrogens is 418 g/mol. The SMILES string of the molecule is C[C@@H]1[C@H](C)CCC[C@@H]1NC(=O)[C@@]1(C)Cn2c(ccc2-c2ccco2)C(=O)N1Cc1ccco1. The number of nitrogens with one attached hydrogen (secondary N) is 1. The Morgan fingerprint density at radius 2 is 1.85 bits per heavy atom. The van der Waals surface area contributed by atoms with Crippen molar-refractivity contribution in [1.82, 2.24) is 14.8 Å². The van der Waals surface area contributed by atoms with Crippen molar-refractivity contribution < 1.29 is 18.4 Å². The summed E-state index contributed by atoms with van der Waals surface area (Å²) in [6, 6.07) is 11.1. The van der Waals surface area contributed by atoms with Crippen LogP contribution in [0.4, 0.5) is 0 Å². The lowest BCUT2D eigenvalue weighted by Crippen LogP contribution is -2.65. The average Bonchev–Trinajstić information content (AvgIpc) is 3.56. The number of fused-ring (bicyclic) bond motifs is 1. The molecule has 4 heterocycles. The van der Waals surface area contributed by atoms with Gasteiger partial charge in [-0.1, -0.05) is 26.7 Å². The van der Waals surface area contributed by atoms with E-state index in [0.717, 1.165) is 18.5 Å². The fourth-order valence-corrected chi connectivity index (χ4v) is 5.33. The second-order valence-corrected chi connectivity index (χ2v) is 9.76. The molecule has 2 aliphatic rings. The van der Waals surface area contributed by atoms with Crippen LogP contribution >= 0.6 is 0 Å². The van der Waals surface area contributed by atoms with Crippen LogP contribution < -0.4 is 5.32 Å². The Kier molecular flexibility index (Phi) is 5.43. The summed E-state index contributed by atoms with van der Waals surface area (Å²) in [6.07, 6.45) is 6.45. The van der Waals surface area contributed by atoms with E-state index in [1.54, 1.807) is 29.6 Å². The number of hydrogen-bond donors (Lipinski definition) is 1. The largest absolute Gasteiger partial charge is 0.467 e. The van der Waals surface area contributed by atoms with E-state index in [9.17, 15) is 9.59 Å². The molecule has 2 amide bonds. The predicted octanol–water partition coefficient (Wildman–Crippen LogP) is 4.70. The number of carbonyl (C=O) groups is 2. The molecule has 7 heteroatoms. The molecule has 3 aromatic rings. The standard InChI is InChI=1S/C26H31N3O4/c1-17-7-4-9-20(18(17)2)27-25(31)26(3)16-28-21(23-10-6-14-33-23)11-12-22(28)24(30)29(26)15-19-8-5-13-32-19/h5-6,8,10-14,17-18,20H,4,7,9,15-16H2,1-3H3,(H,27,31)/t17-,18-,20+,26-/m1/s1. The van der Waals surface area contributed by atoms with E-state index in [1.807, 2.05) is 35.8 Å². The third-order valence-electron chi connectivity index (χ3n) is 7.69. The van der Waals surface area contributed by atoms with Gasteiger partial charge in [-0.2, -0.15) is 0 Å². The number of aromatic nitrogens is 1. The van der Waals surface area contributed by atoms with Gasteiger partial charge in [-0.3, -0.25) is 9.59 Å². The van der Waals surface area contributed by atoms with E-state index < -0.39 is 5.54 Å². The lowest BCUT2D eigenvalue weighted by molar-refractivity contribution is -0.134. The summed E-state index contributed by atoms with van der Waals surface area (Å²) >= 11 is 0. The molecule has 1 aliphatic heterocycles. The van der Waals surface area contributed by atoms with Gasteiger partial charge in [0.15, 0.2) is 0 Å². The van der Waals surface area contributed by atoms with E-state index in [4.69, 9.17) is 8.83 Å². The highest BCUT2D eigenvalue weighted by Crippen LogP contribution is 2.35. The Balaban J connectivity index is 1.51. The second kappa shape index (κ2) is 8.28. The minimum Gasteiger partial charge on any atom is -0.467 e. The summed E-state index contributed by atoms with van der Waals surface area (Å²) in [5, 5.41) is 3.32. The number of amides is 2. The van der Waals surface area contributed by atoms with Gasteiger partial charge in [0.2, 0.25) is 5.91 Å². The average molecular weight is 450 g/mol. The zero-order valence-electron chi connectivity index (χ0n) is 19.4. The van der Waals surface area contributed by atoms with Crippen molar-refractivity contribution in [2.45, 2.75) is 64.7 Å². The molecule has 0 bridgehead atoms. The fraction of sp³-hybridized carbons (Fsp3) is 0.462. The molecule has 1 aliphatic carbocycles. The molecule has 0 radical (unpaired) electrons. The van der Waals surface area contributed by atoms with Crippen molar-refractivity contribution in [3.8, 4) is 11.5 Å². The molecule has 7 nitrogen and oxygen atoms in total. The molecule has 5 rings (SSSR count). The maximum absolute atomic E-state index is 13.9. The predicted molar refractivity (Wildman–Crippen MR) is 123 cm³/mol. The summed E-state index contributed by atoms with van der Waals surface area (Å²) < 4.78 is 13.1. The molecule has 1 saturated carbocycles. The van der Waals surface area contributed by atoms with Crippen molar-refractivity contribution in [3.63, 3.8) is 0 Å². The van der Waals surface area contributed by atoms with Crippen LogP contribution in [0.1, 0.15) is 56.3 Å². The maximum Gasteiger partial charge on any atom is 0.271 e. The smallest absolute Gasteiger partial charge is 0.271 e. The molecule has 1 fully saturated rings. The topological polar surface area (TPSA) is 80.6 Å². The molecule has 174 valence electrons. The van der Waals surface area contributed by atoms with Gasteiger partial charge in [-0.05, 0) is 61.6 Å². The quantitative estimate of drug-likeness (QED) is 0.612. The molecule has 0 saturated heterocycles. The summed E-state index contributed by atoms with van der Waals surface area (Å²) in [7, 11) is 0. The van der Waals surface area contributed by atoms with Gasteiger partial charge in [0.1, 0.15) is 22.8 Å². The Hall–Kier alpha value is -3.22. The zero-order valence-corrected chi connectivity index (χ0v) is 19.4. The third kappa shape index (κ3) is 3.69. The first kappa shape index (κ1) is 21.6. The molecule has 1 N–H and O–H groups in total. The normalized spacial score (nSPS) is 27.4. The number of nitrogens with zero attached hydrogens (tertiary/aromatic N) is 2. The molecule has 0 spiro atoms. The van der Waals surface area contributed by atoms with E-state index in [0.29, 0.717) is 35.6 Å². The first-order valence-corrected chi connectivity index (χ1v) is 11.8. The molecular formula is C26H31N3O4. The van der Waals surface area contributed by atoms with Crippen molar-refractivity contribution in [2.24, 2.45) is 11.8 Å². The van der Waals surface area contributed by atoms with Crippen molar-refractivity contribution in [3.05, 3.63) is 60.4 Å². The van der Waals surface area contributed by atoms with Crippen LogP contribution in [0.3, 0.4) is 0 Å². The highest BCUT2D eigenvalue weighted by molar-refractivity contribution is 6.00. The van der Waals surface area contributed by atoms with Gasteiger partial charge < -0.3 is 23.6 Å². The first-order chi connectivity index (χ1) is 15.9. The minimum atomic E-state index is -1.09. The van der Waals surface area contributed by atoms with Gasteiger partial charge in [0.25, 0.3) is 5.91 Å². The fourth-order valence-electron chi connectivity index (χ4n) is 5.33. The van der Waals surface area contributed by atoms with Gasteiger partial charge in [0, 0.05) is 6.04 Å². The first-order valence-electron chi connectivity index (χ1n) is 11.8. The second-order valence-electron chi connectivity index (χ2n) is 9.76. The molecule has 0 aromatic carbocycles. The van der Waals surface area contributed by atoms with Crippen LogP contribution in [0.25, 0.3) is 11.5 Å². The van der Waals surface area contributed by atoms with Gasteiger partial charge in [-0.15, -0.1) is 0 Å². The van der Waals surface area contributed by atoms with Crippen LogP contribution in [0, 0.1) is 11.8 Å². The lowest BCUT2D eigenvalue weighted by Gasteiger charge is -2.45. The van der Waals surface area contributed by atoms with Crippen molar-refractivity contribution >= 4 is 11.8 Å². The van der Waals surface area contributed by atoms with Crippen LogP contribution in [0.2, 0.25) is 0 Å². The molecule has 33 heavy (non-hydrogen) atoms. The Labute approximate surface area is 193 Å². The summed E-state index contributed by atoms with van der Waals surface area (Å²) in [4.78, 5) is 29.2. The van der Waals surface area contributed by atoms with E-state index in [2.05, 4.69) is 19.2 Å². The molecule has 3 aromatic heterocycles. The Bertz CT molecular complexity index is 1130. The summed E-state index contributed by atoms with van der Waals surface area (Å²) in [6.45, 7) is 6.88. The molecule has 0 unspecified atom stereocenters. The number of hydrogen-bond acceptors (Lipinski definition) is 4. The highest BCUT2D eigenvalue weighted by Gasteiger charge is 2.49.